The largest absolute Gasteiger partial charge is 0.494 e. The highest BCUT2D eigenvalue weighted by Gasteiger charge is 2.53. The molecule has 0 unspecified atom stereocenters. The molecule has 1 aromatic carbocycles. The van der Waals surface area contributed by atoms with Gasteiger partial charge in [0.1, 0.15) is 0 Å². The summed E-state index contributed by atoms with van der Waals surface area (Å²) in [5.41, 5.74) is 0. The lowest BCUT2D eigenvalue weighted by Gasteiger charge is -2.46. The summed E-state index contributed by atoms with van der Waals surface area (Å²) in [5, 5.41) is 0. The molecule has 1 spiro atoms. The van der Waals surface area contributed by atoms with Crippen LogP contribution in [0.15, 0.2) is 23.1 Å². The Morgan fingerprint density at radius 3 is 2.78 bits per heavy atom. The van der Waals surface area contributed by atoms with E-state index in [9.17, 15) is 12.8 Å². The first-order chi connectivity index (χ1) is 10.9. The minimum atomic E-state index is -3.66. The van der Waals surface area contributed by atoms with Crippen molar-refractivity contribution in [1.29, 1.82) is 0 Å². The Morgan fingerprint density at radius 2 is 2.17 bits per heavy atom. The predicted molar refractivity (Wildman–Crippen MR) is 86.9 cm³/mol. The first-order valence-electron chi connectivity index (χ1n) is 7.49. The number of ether oxygens (including phenoxy) is 2. The Balaban J connectivity index is 1.70. The molecule has 2 aliphatic rings. The van der Waals surface area contributed by atoms with Crippen molar-refractivity contribution in [1.82, 2.24) is 4.31 Å². The van der Waals surface area contributed by atoms with Gasteiger partial charge in [0.25, 0.3) is 0 Å². The molecular weight excluding hydrogens is 341 g/mol. The molecule has 3 rings (SSSR count). The van der Waals surface area contributed by atoms with Crippen LogP contribution in [-0.4, -0.2) is 56.1 Å². The highest BCUT2D eigenvalue weighted by Crippen LogP contribution is 2.47. The molecular formula is C15H20FNO4S2. The van der Waals surface area contributed by atoms with Gasteiger partial charge in [0.05, 0.1) is 18.1 Å². The van der Waals surface area contributed by atoms with Crippen molar-refractivity contribution in [2.75, 3.05) is 32.6 Å². The molecule has 0 bridgehead atoms. The number of nitrogens with zero attached hydrogens (tertiary/aromatic N) is 1. The number of hydrogen-bond donors (Lipinski definition) is 0. The molecule has 1 aromatic rings. The van der Waals surface area contributed by atoms with Crippen molar-refractivity contribution in [3.63, 3.8) is 0 Å². The molecule has 2 saturated heterocycles. The molecule has 8 heteroatoms. The van der Waals surface area contributed by atoms with Crippen LogP contribution in [-0.2, 0) is 14.8 Å². The number of rotatable bonds is 5. The molecule has 5 nitrogen and oxygen atoms in total. The minimum Gasteiger partial charge on any atom is -0.494 e. The number of hydrogen-bond acceptors (Lipinski definition) is 5. The Morgan fingerprint density at radius 1 is 1.43 bits per heavy atom. The van der Waals surface area contributed by atoms with Gasteiger partial charge in [-0.25, -0.2) is 12.8 Å². The second kappa shape index (κ2) is 6.23. The van der Waals surface area contributed by atoms with E-state index in [1.165, 1.54) is 23.5 Å². The zero-order chi connectivity index (χ0) is 16.7. The van der Waals surface area contributed by atoms with E-state index in [2.05, 4.69) is 0 Å². The van der Waals surface area contributed by atoms with E-state index in [0.717, 1.165) is 18.2 Å². The van der Waals surface area contributed by atoms with Gasteiger partial charge in [-0.1, -0.05) is 0 Å². The molecule has 0 aromatic heterocycles. The minimum absolute atomic E-state index is 0.0324. The summed E-state index contributed by atoms with van der Waals surface area (Å²) in [6.07, 6.45) is 1.07. The van der Waals surface area contributed by atoms with Crippen molar-refractivity contribution in [2.24, 2.45) is 0 Å². The molecule has 23 heavy (non-hydrogen) atoms. The lowest BCUT2D eigenvalue weighted by Crippen LogP contribution is -2.60. The maximum Gasteiger partial charge on any atom is 0.243 e. The van der Waals surface area contributed by atoms with Crippen molar-refractivity contribution in [2.45, 2.75) is 29.1 Å². The third-order valence-electron chi connectivity index (χ3n) is 4.27. The van der Waals surface area contributed by atoms with E-state index in [1.807, 2.05) is 6.92 Å². The quantitative estimate of drug-likeness (QED) is 0.804. The molecule has 0 saturated carbocycles. The zero-order valence-corrected chi connectivity index (χ0v) is 14.8. The Hall–Kier alpha value is -0.830. The fourth-order valence-electron chi connectivity index (χ4n) is 3.09. The highest BCUT2D eigenvalue weighted by atomic mass is 32.2. The molecule has 2 fully saturated rings. The SMILES string of the molecule is CCO[C@@H]1CSC2(C1)CN(S(=O)(=O)c1ccc(OC)c(F)c1)C2. The van der Waals surface area contributed by atoms with Crippen molar-refractivity contribution < 1.29 is 22.3 Å². The zero-order valence-electron chi connectivity index (χ0n) is 13.1. The van der Waals surface area contributed by atoms with Crippen LogP contribution >= 0.6 is 11.8 Å². The number of sulfonamides is 1. The van der Waals surface area contributed by atoms with Gasteiger partial charge in [-0.3, -0.25) is 0 Å². The molecule has 2 aliphatic heterocycles. The first-order valence-corrected chi connectivity index (χ1v) is 9.92. The summed E-state index contributed by atoms with van der Waals surface area (Å²) < 4.78 is 50.8. The molecule has 0 N–H and O–H groups in total. The van der Waals surface area contributed by atoms with Gasteiger partial charge in [0.15, 0.2) is 11.6 Å². The molecule has 128 valence electrons. The van der Waals surface area contributed by atoms with Gasteiger partial charge in [-0.15, -0.1) is 11.8 Å². The lowest BCUT2D eigenvalue weighted by atomic mass is 9.95. The molecule has 1 atom stereocenters. The van der Waals surface area contributed by atoms with Crippen LogP contribution in [0.4, 0.5) is 4.39 Å². The van der Waals surface area contributed by atoms with E-state index in [1.54, 1.807) is 11.8 Å². The first kappa shape index (κ1) is 17.0. The fourth-order valence-corrected chi connectivity index (χ4v) is 6.43. The Bertz CT molecular complexity index is 689. The van der Waals surface area contributed by atoms with Crippen molar-refractivity contribution in [3.05, 3.63) is 24.0 Å². The lowest BCUT2D eigenvalue weighted by molar-refractivity contribution is 0.0598. The fraction of sp³-hybridized carbons (Fsp3) is 0.600. The number of benzene rings is 1. The summed E-state index contributed by atoms with van der Waals surface area (Å²) >= 11 is 1.78. The van der Waals surface area contributed by atoms with E-state index >= 15 is 0 Å². The van der Waals surface area contributed by atoms with Crippen LogP contribution in [0.5, 0.6) is 5.75 Å². The monoisotopic (exact) mass is 361 g/mol. The van der Waals surface area contributed by atoms with Gasteiger partial charge in [0, 0.05) is 30.2 Å². The average Bonchev–Trinajstić information content (AvgIpc) is 2.90. The summed E-state index contributed by atoms with van der Waals surface area (Å²) in [6, 6.07) is 3.74. The van der Waals surface area contributed by atoms with E-state index in [4.69, 9.17) is 9.47 Å². The van der Waals surface area contributed by atoms with E-state index in [-0.39, 0.29) is 21.5 Å². The Kier molecular flexibility index (Phi) is 4.61. The van der Waals surface area contributed by atoms with Crippen LogP contribution in [0.2, 0.25) is 0 Å². The molecule has 2 heterocycles. The van der Waals surface area contributed by atoms with Crippen molar-refractivity contribution >= 4 is 21.8 Å². The standard InChI is InChI=1S/C15H20FNO4S2/c1-3-21-11-7-15(22-8-11)9-17(10-15)23(18,19)12-4-5-14(20-2)13(16)6-12/h4-6,11H,3,7-10H2,1-2H3/t11-/m0/s1. The van der Waals surface area contributed by atoms with Gasteiger partial charge in [0.2, 0.25) is 10.0 Å². The number of halogens is 1. The predicted octanol–water partition coefficient (Wildman–Crippen LogP) is 2.12. The summed E-state index contributed by atoms with van der Waals surface area (Å²) in [6.45, 7) is 3.55. The summed E-state index contributed by atoms with van der Waals surface area (Å²) in [7, 11) is -2.31. The Labute approximate surface area is 140 Å². The second-order valence-electron chi connectivity index (χ2n) is 5.84. The van der Waals surface area contributed by atoms with E-state index < -0.39 is 15.8 Å². The van der Waals surface area contributed by atoms with Crippen LogP contribution in [0.25, 0.3) is 0 Å². The summed E-state index contributed by atoms with van der Waals surface area (Å²) in [5.74, 6) is 0.268. The van der Waals surface area contributed by atoms with Gasteiger partial charge < -0.3 is 9.47 Å². The topological polar surface area (TPSA) is 55.8 Å². The third-order valence-corrected chi connectivity index (χ3v) is 7.63. The molecule has 0 aliphatic carbocycles. The number of methoxy groups -OCH3 is 1. The maximum atomic E-state index is 13.8. The molecule has 0 radical (unpaired) electrons. The van der Waals surface area contributed by atoms with Crippen molar-refractivity contribution in [3.8, 4) is 5.75 Å². The highest BCUT2D eigenvalue weighted by molar-refractivity contribution is 8.01. The molecule has 0 amide bonds. The summed E-state index contributed by atoms with van der Waals surface area (Å²) in [4.78, 5) is -0.0324. The normalized spacial score (nSPS) is 23.9. The van der Waals surface area contributed by atoms with Gasteiger partial charge in [-0.05, 0) is 31.5 Å². The number of thioether (sulfide) groups is 1. The third kappa shape index (κ3) is 3.09. The van der Waals surface area contributed by atoms with Gasteiger partial charge in [-0.2, -0.15) is 4.31 Å². The van der Waals surface area contributed by atoms with E-state index in [0.29, 0.717) is 19.7 Å². The smallest absolute Gasteiger partial charge is 0.243 e. The van der Waals surface area contributed by atoms with Crippen LogP contribution in [0.3, 0.4) is 0 Å². The second-order valence-corrected chi connectivity index (χ2v) is 9.27. The van der Waals surface area contributed by atoms with Gasteiger partial charge >= 0.3 is 0 Å². The van der Waals surface area contributed by atoms with Crippen LogP contribution in [0.1, 0.15) is 13.3 Å². The van der Waals surface area contributed by atoms with Crippen LogP contribution < -0.4 is 4.74 Å². The average molecular weight is 361 g/mol. The van der Waals surface area contributed by atoms with Crippen LogP contribution in [0, 0.1) is 5.82 Å². The maximum absolute atomic E-state index is 13.8.